The van der Waals surface area contributed by atoms with Gasteiger partial charge in [0.15, 0.2) is 0 Å². The number of rotatable bonds is 2. The molecule has 2 aliphatic rings. The first-order valence-corrected chi connectivity index (χ1v) is 8.08. The number of piperidine rings is 2. The van der Waals surface area contributed by atoms with Crippen molar-refractivity contribution in [2.45, 2.75) is 51.6 Å². The molecule has 0 aromatic rings. The molecule has 18 heavy (non-hydrogen) atoms. The predicted molar refractivity (Wildman–Crippen MR) is 83.9 cm³/mol. The molecule has 108 valence electrons. The molecule has 2 aliphatic heterocycles. The Morgan fingerprint density at radius 3 is 1.72 bits per heavy atom. The highest BCUT2D eigenvalue weighted by Gasteiger charge is 2.27. The third kappa shape index (κ3) is 4.77. The van der Waals surface area contributed by atoms with Crippen LogP contribution in [0.1, 0.15) is 39.5 Å². The monoisotopic (exact) mass is 273 g/mol. The summed E-state index contributed by atoms with van der Waals surface area (Å²) in [5, 5.41) is 0. The largest absolute Gasteiger partial charge is 0.306 e. The quantitative estimate of drug-likeness (QED) is 0.715. The summed E-state index contributed by atoms with van der Waals surface area (Å²) in [4.78, 5) is 5.13. The highest BCUT2D eigenvalue weighted by Crippen LogP contribution is 2.23. The lowest BCUT2D eigenvalue weighted by Crippen LogP contribution is -2.49. The minimum atomic E-state index is 0.824. The maximum Gasteiger partial charge on any atom is 0.0120 e. The summed E-state index contributed by atoms with van der Waals surface area (Å²) in [7, 11) is 7.42. The number of hydrogen-bond donors (Lipinski definition) is 0. The van der Waals surface area contributed by atoms with E-state index in [4.69, 9.17) is 0 Å². The van der Waals surface area contributed by atoms with Gasteiger partial charge in [-0.3, -0.25) is 4.67 Å². The van der Waals surface area contributed by atoms with Crippen LogP contribution >= 0.6 is 9.39 Å². The van der Waals surface area contributed by atoms with Crippen molar-refractivity contribution in [3.8, 4) is 0 Å². The van der Waals surface area contributed by atoms with Crippen LogP contribution in [0.4, 0.5) is 0 Å². The zero-order valence-electron chi connectivity index (χ0n) is 12.7. The molecule has 0 aromatic heterocycles. The van der Waals surface area contributed by atoms with E-state index in [0.717, 1.165) is 12.1 Å². The van der Waals surface area contributed by atoms with Gasteiger partial charge in [0.05, 0.1) is 0 Å². The molecule has 0 amide bonds. The summed E-state index contributed by atoms with van der Waals surface area (Å²) in [5.74, 6) is 0. The van der Waals surface area contributed by atoms with Gasteiger partial charge in [-0.1, -0.05) is 23.2 Å². The Morgan fingerprint density at radius 1 is 0.889 bits per heavy atom. The second kappa shape index (κ2) is 8.47. The van der Waals surface area contributed by atoms with E-state index < -0.39 is 0 Å². The highest BCUT2D eigenvalue weighted by molar-refractivity contribution is 7.13. The standard InChI is InChI=1S/C12H26N3P.C2H6/c1-13-7-3-11(4-8-13)14(2)12-5-9-15(16)10-6-12;1-2/h11-12H,3-10,16H2,1-2H3;1-2H3. The van der Waals surface area contributed by atoms with Crippen molar-refractivity contribution in [1.82, 2.24) is 14.5 Å². The van der Waals surface area contributed by atoms with E-state index in [1.165, 1.54) is 51.9 Å². The van der Waals surface area contributed by atoms with Crippen LogP contribution in [0.15, 0.2) is 0 Å². The van der Waals surface area contributed by atoms with E-state index in [2.05, 4.69) is 38.0 Å². The summed E-state index contributed by atoms with van der Waals surface area (Å²) in [6, 6.07) is 1.66. The fourth-order valence-corrected chi connectivity index (χ4v) is 3.29. The number of nitrogens with zero attached hydrogens (tertiary/aromatic N) is 3. The van der Waals surface area contributed by atoms with Crippen molar-refractivity contribution in [3.05, 3.63) is 0 Å². The summed E-state index contributed by atoms with van der Waals surface area (Å²) in [6.07, 6.45) is 5.39. The maximum absolute atomic E-state index is 2.84. The van der Waals surface area contributed by atoms with Crippen LogP contribution in [-0.4, -0.2) is 66.8 Å². The van der Waals surface area contributed by atoms with Gasteiger partial charge in [-0.15, -0.1) is 0 Å². The van der Waals surface area contributed by atoms with Gasteiger partial charge in [0.1, 0.15) is 0 Å². The Balaban J connectivity index is 0.000000771. The van der Waals surface area contributed by atoms with Crippen LogP contribution < -0.4 is 0 Å². The van der Waals surface area contributed by atoms with Crippen molar-refractivity contribution in [1.29, 1.82) is 0 Å². The molecule has 0 radical (unpaired) electrons. The second-order valence-electron chi connectivity index (χ2n) is 5.47. The SMILES string of the molecule is CC.CN1CCC(N(C)C2CCN(P)CC2)CC1. The van der Waals surface area contributed by atoms with Crippen molar-refractivity contribution in [2.24, 2.45) is 0 Å². The fourth-order valence-electron chi connectivity index (χ4n) is 2.99. The molecule has 2 heterocycles. The second-order valence-corrected chi connectivity index (χ2v) is 6.20. The molecule has 3 nitrogen and oxygen atoms in total. The third-order valence-electron chi connectivity index (χ3n) is 4.34. The van der Waals surface area contributed by atoms with Crippen LogP contribution in [0, 0.1) is 0 Å². The average molecular weight is 273 g/mol. The smallest absolute Gasteiger partial charge is 0.0120 e. The molecule has 2 saturated heterocycles. The van der Waals surface area contributed by atoms with E-state index in [0.29, 0.717) is 0 Å². The zero-order chi connectivity index (χ0) is 13.5. The Morgan fingerprint density at radius 2 is 1.28 bits per heavy atom. The lowest BCUT2D eigenvalue weighted by Gasteiger charge is -2.42. The summed E-state index contributed by atoms with van der Waals surface area (Å²) < 4.78 is 2.37. The molecule has 0 spiro atoms. The third-order valence-corrected chi connectivity index (χ3v) is 4.86. The Labute approximate surface area is 116 Å². The average Bonchev–Trinajstić information content (AvgIpc) is 2.42. The molecule has 1 atom stereocenters. The summed E-state index contributed by atoms with van der Waals surface area (Å²) in [6.45, 7) is 9.04. The zero-order valence-corrected chi connectivity index (χ0v) is 13.9. The highest BCUT2D eigenvalue weighted by atomic mass is 31.0. The Hall–Kier alpha value is 0.310. The van der Waals surface area contributed by atoms with E-state index in [9.17, 15) is 0 Å². The summed E-state index contributed by atoms with van der Waals surface area (Å²) in [5.41, 5.74) is 0. The molecular formula is C14H32N3P. The van der Waals surface area contributed by atoms with Crippen LogP contribution in [0.5, 0.6) is 0 Å². The topological polar surface area (TPSA) is 9.72 Å². The van der Waals surface area contributed by atoms with E-state index in [1.54, 1.807) is 0 Å². The van der Waals surface area contributed by atoms with Crippen molar-refractivity contribution in [2.75, 3.05) is 40.3 Å². The molecule has 0 saturated carbocycles. The molecule has 2 rings (SSSR count). The van der Waals surface area contributed by atoms with E-state index in [-0.39, 0.29) is 0 Å². The first-order chi connectivity index (χ1) is 8.66. The van der Waals surface area contributed by atoms with Gasteiger partial charge >= 0.3 is 0 Å². The maximum atomic E-state index is 2.84. The minimum Gasteiger partial charge on any atom is -0.306 e. The van der Waals surface area contributed by atoms with Crippen molar-refractivity contribution < 1.29 is 0 Å². The van der Waals surface area contributed by atoms with Crippen LogP contribution in [0.25, 0.3) is 0 Å². The lowest BCUT2D eigenvalue weighted by molar-refractivity contribution is 0.0825. The fraction of sp³-hybridized carbons (Fsp3) is 1.00. The van der Waals surface area contributed by atoms with Crippen molar-refractivity contribution >= 4 is 9.39 Å². The predicted octanol–water partition coefficient (Wildman–Crippen LogP) is 2.29. The molecule has 4 heteroatoms. The molecule has 0 aliphatic carbocycles. The Bertz CT molecular complexity index is 187. The number of likely N-dealkylation sites (tertiary alicyclic amines) is 1. The van der Waals surface area contributed by atoms with Gasteiger partial charge in [0.2, 0.25) is 0 Å². The van der Waals surface area contributed by atoms with Gasteiger partial charge in [0, 0.05) is 25.2 Å². The van der Waals surface area contributed by atoms with Gasteiger partial charge < -0.3 is 9.80 Å². The molecule has 0 bridgehead atoms. The lowest BCUT2D eigenvalue weighted by atomic mass is 9.98. The summed E-state index contributed by atoms with van der Waals surface area (Å²) >= 11 is 0. The van der Waals surface area contributed by atoms with Crippen molar-refractivity contribution in [3.63, 3.8) is 0 Å². The molecular weight excluding hydrogens is 241 g/mol. The van der Waals surface area contributed by atoms with Gasteiger partial charge in [-0.25, -0.2) is 0 Å². The minimum absolute atomic E-state index is 0.824. The first-order valence-electron chi connectivity index (χ1n) is 7.57. The van der Waals surface area contributed by atoms with Crippen LogP contribution in [-0.2, 0) is 0 Å². The van der Waals surface area contributed by atoms with Gasteiger partial charge in [-0.05, 0) is 52.9 Å². The number of hydrogen-bond acceptors (Lipinski definition) is 3. The van der Waals surface area contributed by atoms with E-state index in [1.807, 2.05) is 13.8 Å². The van der Waals surface area contributed by atoms with Crippen LogP contribution in [0.3, 0.4) is 0 Å². The first kappa shape index (κ1) is 16.4. The normalized spacial score (nSPS) is 25.0. The molecule has 0 aromatic carbocycles. The molecule has 0 N–H and O–H groups in total. The molecule has 2 fully saturated rings. The van der Waals surface area contributed by atoms with Gasteiger partial charge in [-0.2, -0.15) is 0 Å². The van der Waals surface area contributed by atoms with Crippen LogP contribution in [0.2, 0.25) is 0 Å². The Kier molecular flexibility index (Phi) is 7.70. The van der Waals surface area contributed by atoms with Gasteiger partial charge in [0.25, 0.3) is 0 Å². The molecule has 1 unspecified atom stereocenters. The van der Waals surface area contributed by atoms with E-state index >= 15 is 0 Å².